The molecule has 0 amide bonds. The molecule has 0 atom stereocenters. The van der Waals surface area contributed by atoms with E-state index in [9.17, 15) is 0 Å². The van der Waals surface area contributed by atoms with E-state index in [4.69, 9.17) is 10.2 Å². The van der Waals surface area contributed by atoms with E-state index >= 15 is 0 Å². The Balaban J connectivity index is 2.96. The van der Waals surface area contributed by atoms with E-state index in [0.717, 1.165) is 5.56 Å². The van der Waals surface area contributed by atoms with Crippen LogP contribution in [0.25, 0.3) is 0 Å². The Labute approximate surface area is 72.5 Å². The number of aromatic hydroxyl groups is 1. The first-order valence-electron chi connectivity index (χ1n) is 3.96. The minimum Gasteiger partial charge on any atom is -0.508 e. The lowest BCUT2D eigenvalue weighted by Crippen LogP contribution is -2.21. The third-order valence-electron chi connectivity index (χ3n) is 2.04. The second-order valence-corrected chi connectivity index (χ2v) is 3.59. The summed E-state index contributed by atoms with van der Waals surface area (Å²) in [6.07, 6.45) is 0. The molecule has 2 heteroatoms. The van der Waals surface area contributed by atoms with Gasteiger partial charge in [-0.05, 0) is 17.7 Å². The van der Waals surface area contributed by atoms with Gasteiger partial charge < -0.3 is 10.2 Å². The van der Waals surface area contributed by atoms with E-state index in [1.165, 1.54) is 0 Å². The zero-order valence-electron chi connectivity index (χ0n) is 7.41. The Hall–Kier alpha value is -1.02. The Morgan fingerprint density at radius 1 is 1.17 bits per heavy atom. The summed E-state index contributed by atoms with van der Waals surface area (Å²) in [6.45, 7) is 4.02. The molecule has 0 spiro atoms. The Kier molecular flexibility index (Phi) is 2.38. The molecular weight excluding hydrogens is 152 g/mol. The fourth-order valence-corrected chi connectivity index (χ4v) is 1.00. The van der Waals surface area contributed by atoms with E-state index in [0.29, 0.717) is 0 Å². The maximum Gasteiger partial charge on any atom is 0.115 e. The number of hydrogen-bond donors (Lipinski definition) is 2. The van der Waals surface area contributed by atoms with E-state index in [2.05, 4.69) is 0 Å². The SMILES string of the molecule is CC(C)(CO)c1ccc(O)cc1. The molecule has 1 rings (SSSR count). The molecule has 0 radical (unpaired) electrons. The van der Waals surface area contributed by atoms with Crippen molar-refractivity contribution in [2.45, 2.75) is 19.3 Å². The van der Waals surface area contributed by atoms with Gasteiger partial charge in [0.2, 0.25) is 0 Å². The zero-order chi connectivity index (χ0) is 9.19. The minimum absolute atomic E-state index is 0.109. The average molecular weight is 166 g/mol. The second kappa shape index (κ2) is 3.15. The monoisotopic (exact) mass is 166 g/mol. The molecule has 0 saturated heterocycles. The van der Waals surface area contributed by atoms with Gasteiger partial charge in [0.1, 0.15) is 5.75 Å². The van der Waals surface area contributed by atoms with Crippen LogP contribution < -0.4 is 0 Å². The summed E-state index contributed by atoms with van der Waals surface area (Å²) < 4.78 is 0. The number of aliphatic hydroxyl groups is 1. The maximum atomic E-state index is 9.05. The molecule has 0 aliphatic rings. The van der Waals surface area contributed by atoms with Crippen LogP contribution in [-0.4, -0.2) is 16.8 Å². The number of aliphatic hydroxyl groups excluding tert-OH is 1. The molecular formula is C10H14O2. The fraction of sp³-hybridized carbons (Fsp3) is 0.400. The van der Waals surface area contributed by atoms with Gasteiger partial charge in [0.25, 0.3) is 0 Å². The summed E-state index contributed by atoms with van der Waals surface area (Å²) in [5.41, 5.74) is 0.802. The van der Waals surface area contributed by atoms with Crippen molar-refractivity contribution < 1.29 is 10.2 Å². The van der Waals surface area contributed by atoms with Crippen LogP contribution in [-0.2, 0) is 5.41 Å². The first-order chi connectivity index (χ1) is 5.56. The summed E-state index contributed by atoms with van der Waals surface area (Å²) in [7, 11) is 0. The van der Waals surface area contributed by atoms with Crippen molar-refractivity contribution >= 4 is 0 Å². The lowest BCUT2D eigenvalue weighted by Gasteiger charge is -2.21. The predicted molar refractivity (Wildman–Crippen MR) is 48.2 cm³/mol. The van der Waals surface area contributed by atoms with Crippen molar-refractivity contribution in [2.24, 2.45) is 0 Å². The molecule has 1 aromatic rings. The van der Waals surface area contributed by atoms with Gasteiger partial charge in [-0.1, -0.05) is 26.0 Å². The van der Waals surface area contributed by atoms with Gasteiger partial charge in [0.05, 0.1) is 6.61 Å². The van der Waals surface area contributed by atoms with Gasteiger partial charge in [-0.2, -0.15) is 0 Å². The van der Waals surface area contributed by atoms with Crippen LogP contribution in [0.3, 0.4) is 0 Å². The van der Waals surface area contributed by atoms with Gasteiger partial charge in [0, 0.05) is 5.41 Å². The van der Waals surface area contributed by atoms with Crippen molar-refractivity contribution in [3.63, 3.8) is 0 Å². The summed E-state index contributed by atoms with van der Waals surface area (Å²) in [4.78, 5) is 0. The standard InChI is InChI=1S/C10H14O2/c1-10(2,7-11)8-3-5-9(12)6-4-8/h3-6,11-12H,7H2,1-2H3. The quantitative estimate of drug-likeness (QED) is 0.701. The molecule has 0 unspecified atom stereocenters. The van der Waals surface area contributed by atoms with Crippen molar-refractivity contribution in [1.29, 1.82) is 0 Å². The van der Waals surface area contributed by atoms with Crippen molar-refractivity contribution in [2.75, 3.05) is 6.61 Å². The molecule has 0 aromatic heterocycles. The molecule has 0 aliphatic heterocycles. The third-order valence-corrected chi connectivity index (χ3v) is 2.04. The van der Waals surface area contributed by atoms with E-state index < -0.39 is 0 Å². The summed E-state index contributed by atoms with van der Waals surface area (Å²) >= 11 is 0. The minimum atomic E-state index is -0.228. The normalized spacial score (nSPS) is 11.6. The molecule has 66 valence electrons. The predicted octanol–water partition coefficient (Wildman–Crippen LogP) is 1.66. The van der Waals surface area contributed by atoms with Gasteiger partial charge in [0.15, 0.2) is 0 Å². The summed E-state index contributed by atoms with van der Waals surface area (Å²) in [5, 5.41) is 18.1. The first-order valence-corrected chi connectivity index (χ1v) is 3.96. The fourth-order valence-electron chi connectivity index (χ4n) is 1.00. The van der Waals surface area contributed by atoms with Gasteiger partial charge in [-0.15, -0.1) is 0 Å². The molecule has 0 bridgehead atoms. The van der Waals surface area contributed by atoms with Crippen LogP contribution in [0.5, 0.6) is 5.75 Å². The van der Waals surface area contributed by atoms with Gasteiger partial charge in [-0.25, -0.2) is 0 Å². The van der Waals surface area contributed by atoms with Crippen LogP contribution in [0.1, 0.15) is 19.4 Å². The maximum absolute atomic E-state index is 9.05. The number of rotatable bonds is 2. The summed E-state index contributed by atoms with van der Waals surface area (Å²) in [5.74, 6) is 0.257. The van der Waals surface area contributed by atoms with Gasteiger partial charge >= 0.3 is 0 Å². The molecule has 2 nitrogen and oxygen atoms in total. The van der Waals surface area contributed by atoms with Crippen molar-refractivity contribution in [1.82, 2.24) is 0 Å². The molecule has 0 heterocycles. The number of benzene rings is 1. The highest BCUT2D eigenvalue weighted by Crippen LogP contribution is 2.23. The molecule has 12 heavy (non-hydrogen) atoms. The van der Waals surface area contributed by atoms with Crippen molar-refractivity contribution in [3.05, 3.63) is 29.8 Å². The lowest BCUT2D eigenvalue weighted by molar-refractivity contribution is 0.218. The molecule has 0 aliphatic carbocycles. The van der Waals surface area contributed by atoms with E-state index in [-0.39, 0.29) is 17.8 Å². The smallest absolute Gasteiger partial charge is 0.115 e. The molecule has 0 fully saturated rings. The van der Waals surface area contributed by atoms with E-state index in [1.807, 2.05) is 26.0 Å². The zero-order valence-corrected chi connectivity index (χ0v) is 7.41. The Morgan fingerprint density at radius 2 is 1.67 bits per heavy atom. The molecule has 2 N–H and O–H groups in total. The van der Waals surface area contributed by atoms with Crippen LogP contribution >= 0.6 is 0 Å². The Morgan fingerprint density at radius 3 is 2.08 bits per heavy atom. The number of phenols is 1. The van der Waals surface area contributed by atoms with Crippen LogP contribution in [0.15, 0.2) is 24.3 Å². The first kappa shape index (κ1) is 9.07. The number of hydrogen-bond acceptors (Lipinski definition) is 2. The second-order valence-electron chi connectivity index (χ2n) is 3.59. The van der Waals surface area contributed by atoms with Crippen molar-refractivity contribution in [3.8, 4) is 5.75 Å². The topological polar surface area (TPSA) is 40.5 Å². The Bertz CT molecular complexity index is 249. The summed E-state index contributed by atoms with van der Waals surface area (Å²) in [6, 6.07) is 6.91. The molecule has 1 aromatic carbocycles. The highest BCUT2D eigenvalue weighted by atomic mass is 16.3. The van der Waals surface area contributed by atoms with Crippen LogP contribution in [0.4, 0.5) is 0 Å². The van der Waals surface area contributed by atoms with E-state index in [1.54, 1.807) is 12.1 Å². The van der Waals surface area contributed by atoms with Gasteiger partial charge in [-0.3, -0.25) is 0 Å². The largest absolute Gasteiger partial charge is 0.508 e. The third kappa shape index (κ3) is 1.77. The highest BCUT2D eigenvalue weighted by Gasteiger charge is 2.18. The average Bonchev–Trinajstić information content (AvgIpc) is 2.05. The van der Waals surface area contributed by atoms with Crippen LogP contribution in [0.2, 0.25) is 0 Å². The lowest BCUT2D eigenvalue weighted by atomic mass is 9.86. The van der Waals surface area contributed by atoms with Crippen LogP contribution in [0, 0.1) is 0 Å². The molecule has 0 saturated carbocycles. The highest BCUT2D eigenvalue weighted by molar-refractivity contribution is 5.30. The number of phenolic OH excluding ortho intramolecular Hbond substituents is 1.